The van der Waals surface area contributed by atoms with Gasteiger partial charge in [0.25, 0.3) is 0 Å². The molecule has 1 N–H and O–H groups in total. The lowest BCUT2D eigenvalue weighted by Crippen LogP contribution is -2.41. The molecule has 2 aliphatic heterocycles. The molecule has 0 radical (unpaired) electrons. The zero-order chi connectivity index (χ0) is 10.3. The van der Waals surface area contributed by atoms with Gasteiger partial charge in [-0.25, -0.2) is 0 Å². The van der Waals surface area contributed by atoms with Gasteiger partial charge in [0.2, 0.25) is 0 Å². The smallest absolute Gasteiger partial charge is 0.123 e. The summed E-state index contributed by atoms with van der Waals surface area (Å²) >= 11 is 2.29. The van der Waals surface area contributed by atoms with E-state index in [0.29, 0.717) is 12.0 Å². The Labute approximate surface area is 103 Å². The number of ether oxygens (including phenoxy) is 1. The van der Waals surface area contributed by atoms with E-state index in [4.69, 9.17) is 4.74 Å². The molecule has 2 aliphatic rings. The van der Waals surface area contributed by atoms with E-state index in [1.807, 2.05) is 0 Å². The third-order valence-corrected chi connectivity index (χ3v) is 3.71. The van der Waals surface area contributed by atoms with Crippen molar-refractivity contribution < 1.29 is 4.74 Å². The van der Waals surface area contributed by atoms with Crippen LogP contribution < -0.4 is 5.32 Å². The van der Waals surface area contributed by atoms with Crippen LogP contribution in [0.3, 0.4) is 0 Å². The third kappa shape index (κ3) is 1.81. The predicted octanol–water partition coefficient (Wildman–Crippen LogP) is 1.14. The topological polar surface area (TPSA) is 39.1 Å². The third-order valence-electron chi connectivity index (χ3n) is 3.19. The molecule has 3 heterocycles. The monoisotopic (exact) mass is 319 g/mol. The molecule has 15 heavy (non-hydrogen) atoms. The highest BCUT2D eigenvalue weighted by Crippen LogP contribution is 2.27. The molecule has 2 fully saturated rings. The first-order chi connectivity index (χ1) is 7.34. The van der Waals surface area contributed by atoms with Gasteiger partial charge in [-0.05, 0) is 35.1 Å². The average Bonchev–Trinajstić information content (AvgIpc) is 2.70. The van der Waals surface area contributed by atoms with Gasteiger partial charge in [-0.2, -0.15) is 5.10 Å². The number of rotatable bonds is 2. The largest absolute Gasteiger partial charge is 0.379 e. The van der Waals surface area contributed by atoms with Gasteiger partial charge in [0, 0.05) is 31.3 Å². The summed E-state index contributed by atoms with van der Waals surface area (Å²) in [5.74, 6) is 0.654. The van der Waals surface area contributed by atoms with E-state index in [-0.39, 0.29) is 0 Å². The van der Waals surface area contributed by atoms with E-state index in [0.717, 1.165) is 36.4 Å². The van der Waals surface area contributed by atoms with Gasteiger partial charge in [-0.15, -0.1) is 0 Å². The fraction of sp³-hybridized carbons (Fsp3) is 0.700. The van der Waals surface area contributed by atoms with Gasteiger partial charge < -0.3 is 10.1 Å². The van der Waals surface area contributed by atoms with E-state index in [2.05, 4.69) is 43.8 Å². The summed E-state index contributed by atoms with van der Waals surface area (Å²) in [5.41, 5.74) is 1.38. The molecule has 4 nitrogen and oxygen atoms in total. The Morgan fingerprint density at radius 1 is 1.53 bits per heavy atom. The highest BCUT2D eigenvalue weighted by atomic mass is 127. The molecule has 1 aromatic rings. The van der Waals surface area contributed by atoms with Crippen molar-refractivity contribution >= 4 is 22.6 Å². The Bertz CT molecular complexity index is 356. The van der Waals surface area contributed by atoms with Crippen molar-refractivity contribution in [1.29, 1.82) is 0 Å². The summed E-state index contributed by atoms with van der Waals surface area (Å²) in [6, 6.07) is 2.67. The summed E-state index contributed by atoms with van der Waals surface area (Å²) in [6.45, 7) is 3.89. The minimum atomic E-state index is 0.462. The normalized spacial score (nSPS) is 26.9. The van der Waals surface area contributed by atoms with E-state index < -0.39 is 0 Å². The molecule has 0 aliphatic carbocycles. The molecule has 0 aromatic carbocycles. The van der Waals surface area contributed by atoms with Crippen molar-refractivity contribution in [3.63, 3.8) is 0 Å². The molecule has 0 amide bonds. The van der Waals surface area contributed by atoms with Crippen LogP contribution >= 0.6 is 22.6 Å². The van der Waals surface area contributed by atoms with Crippen molar-refractivity contribution in [2.45, 2.75) is 18.4 Å². The van der Waals surface area contributed by atoms with E-state index >= 15 is 0 Å². The van der Waals surface area contributed by atoms with Gasteiger partial charge in [-0.1, -0.05) is 0 Å². The van der Waals surface area contributed by atoms with Gasteiger partial charge in [-0.3, -0.25) is 4.68 Å². The standard InChI is InChI=1S/C10H14IN3O/c11-10-3-9(7-4-12-5-7)14(13-10)8-1-2-15-6-8/h3,7-8,12H,1-2,4-6H2. The SMILES string of the molecule is Ic1cc(C2CNC2)n(C2CCOC2)n1. The number of hydrogen-bond donors (Lipinski definition) is 1. The first kappa shape index (κ1) is 10.0. The number of aromatic nitrogens is 2. The lowest BCUT2D eigenvalue weighted by atomic mass is 9.99. The van der Waals surface area contributed by atoms with Crippen LogP contribution in [0.5, 0.6) is 0 Å². The summed E-state index contributed by atoms with van der Waals surface area (Å²) in [5, 5.41) is 7.90. The Morgan fingerprint density at radius 2 is 2.40 bits per heavy atom. The van der Waals surface area contributed by atoms with Crippen LogP contribution in [0, 0.1) is 3.70 Å². The second kappa shape index (κ2) is 4.03. The van der Waals surface area contributed by atoms with Crippen molar-refractivity contribution in [3.8, 4) is 0 Å². The highest BCUT2D eigenvalue weighted by molar-refractivity contribution is 14.1. The summed E-state index contributed by atoms with van der Waals surface area (Å²) < 4.78 is 8.72. The van der Waals surface area contributed by atoms with Crippen molar-refractivity contribution in [2.75, 3.05) is 26.3 Å². The van der Waals surface area contributed by atoms with E-state index in [9.17, 15) is 0 Å². The van der Waals surface area contributed by atoms with E-state index in [1.54, 1.807) is 0 Å². The molecule has 0 bridgehead atoms. The first-order valence-electron chi connectivity index (χ1n) is 5.38. The van der Waals surface area contributed by atoms with Gasteiger partial charge >= 0.3 is 0 Å². The Kier molecular flexibility index (Phi) is 2.70. The average molecular weight is 319 g/mol. The molecule has 82 valence electrons. The molecular formula is C10H14IN3O. The Hall–Kier alpha value is -0.140. The van der Waals surface area contributed by atoms with Gasteiger partial charge in [0.05, 0.1) is 12.6 Å². The maximum atomic E-state index is 5.43. The van der Waals surface area contributed by atoms with Crippen LogP contribution in [0.2, 0.25) is 0 Å². The fourth-order valence-electron chi connectivity index (χ4n) is 2.19. The Morgan fingerprint density at radius 3 is 3.00 bits per heavy atom. The van der Waals surface area contributed by atoms with Crippen LogP contribution in [0.25, 0.3) is 0 Å². The molecule has 3 rings (SSSR count). The Balaban J connectivity index is 1.90. The maximum absolute atomic E-state index is 5.43. The minimum Gasteiger partial charge on any atom is -0.379 e. The molecule has 1 aromatic heterocycles. The van der Waals surface area contributed by atoms with Gasteiger partial charge in [0.1, 0.15) is 3.70 Å². The second-order valence-electron chi connectivity index (χ2n) is 4.21. The molecular weight excluding hydrogens is 305 g/mol. The number of hydrogen-bond acceptors (Lipinski definition) is 3. The molecule has 1 unspecified atom stereocenters. The van der Waals surface area contributed by atoms with Crippen molar-refractivity contribution in [3.05, 3.63) is 15.5 Å². The summed E-state index contributed by atoms with van der Waals surface area (Å²) in [7, 11) is 0. The second-order valence-corrected chi connectivity index (χ2v) is 5.31. The van der Waals surface area contributed by atoms with Gasteiger partial charge in [0.15, 0.2) is 0 Å². The molecule has 1 atom stereocenters. The van der Waals surface area contributed by atoms with Crippen LogP contribution in [0.4, 0.5) is 0 Å². The first-order valence-corrected chi connectivity index (χ1v) is 6.46. The molecule has 2 saturated heterocycles. The quantitative estimate of drug-likeness (QED) is 0.831. The maximum Gasteiger partial charge on any atom is 0.123 e. The highest BCUT2D eigenvalue weighted by Gasteiger charge is 2.28. The number of nitrogens with one attached hydrogen (secondary N) is 1. The fourth-order valence-corrected chi connectivity index (χ4v) is 2.74. The lowest BCUT2D eigenvalue weighted by Gasteiger charge is -2.28. The molecule has 5 heteroatoms. The summed E-state index contributed by atoms with van der Waals surface area (Å²) in [6.07, 6.45) is 1.10. The predicted molar refractivity (Wildman–Crippen MR) is 65.0 cm³/mol. The number of halogens is 1. The van der Waals surface area contributed by atoms with Crippen LogP contribution in [-0.2, 0) is 4.74 Å². The zero-order valence-corrected chi connectivity index (χ0v) is 10.6. The molecule has 0 spiro atoms. The summed E-state index contributed by atoms with van der Waals surface area (Å²) in [4.78, 5) is 0. The molecule has 0 saturated carbocycles. The van der Waals surface area contributed by atoms with E-state index in [1.165, 1.54) is 5.69 Å². The number of nitrogens with zero attached hydrogens (tertiary/aromatic N) is 2. The lowest BCUT2D eigenvalue weighted by molar-refractivity contribution is 0.183. The van der Waals surface area contributed by atoms with Crippen molar-refractivity contribution in [2.24, 2.45) is 0 Å². The van der Waals surface area contributed by atoms with Crippen LogP contribution in [0.15, 0.2) is 6.07 Å². The van der Waals surface area contributed by atoms with Crippen LogP contribution in [0.1, 0.15) is 24.1 Å². The minimum absolute atomic E-state index is 0.462. The zero-order valence-electron chi connectivity index (χ0n) is 8.45. The van der Waals surface area contributed by atoms with Crippen LogP contribution in [-0.4, -0.2) is 36.1 Å². The van der Waals surface area contributed by atoms with Crippen molar-refractivity contribution in [1.82, 2.24) is 15.1 Å².